The molecule has 1 fully saturated rings. The van der Waals surface area contributed by atoms with Crippen molar-refractivity contribution in [3.63, 3.8) is 0 Å². The summed E-state index contributed by atoms with van der Waals surface area (Å²) >= 11 is 1.24. The van der Waals surface area contributed by atoms with Crippen molar-refractivity contribution in [2.75, 3.05) is 31.9 Å². The van der Waals surface area contributed by atoms with Gasteiger partial charge in [0.1, 0.15) is 10.7 Å². The summed E-state index contributed by atoms with van der Waals surface area (Å²) < 4.78 is 42.0. The number of sulfonamides is 1. The fraction of sp³-hybridized carbons (Fsp3) is 0.500. The van der Waals surface area contributed by atoms with Gasteiger partial charge in [-0.3, -0.25) is 4.79 Å². The molecule has 0 radical (unpaired) electrons. The molecule has 0 atom stereocenters. The van der Waals surface area contributed by atoms with E-state index in [1.807, 2.05) is 13.8 Å². The van der Waals surface area contributed by atoms with Crippen LogP contribution in [-0.2, 0) is 14.8 Å². The van der Waals surface area contributed by atoms with Crippen LogP contribution < -0.4 is 0 Å². The largest absolute Gasteiger partial charge is 0.339 e. The zero-order chi connectivity index (χ0) is 20.3. The minimum atomic E-state index is -3.92. The molecule has 0 N–H and O–H groups in total. The van der Waals surface area contributed by atoms with Gasteiger partial charge in [0, 0.05) is 26.2 Å². The van der Waals surface area contributed by atoms with E-state index in [0.29, 0.717) is 5.16 Å². The second kappa shape index (κ2) is 8.53. The van der Waals surface area contributed by atoms with Gasteiger partial charge in [-0.05, 0) is 36.4 Å². The first-order chi connectivity index (χ1) is 13.3. The van der Waals surface area contributed by atoms with Crippen molar-refractivity contribution in [3.8, 4) is 0 Å². The second-order valence-electron chi connectivity index (χ2n) is 6.50. The molecule has 12 heteroatoms. The summed E-state index contributed by atoms with van der Waals surface area (Å²) in [7, 11) is -3.92. The molecule has 1 aliphatic rings. The maximum atomic E-state index is 13.9. The van der Waals surface area contributed by atoms with Gasteiger partial charge in [0.15, 0.2) is 0 Å². The van der Waals surface area contributed by atoms with E-state index >= 15 is 0 Å². The Morgan fingerprint density at radius 3 is 2.54 bits per heavy atom. The number of amides is 1. The van der Waals surface area contributed by atoms with Gasteiger partial charge in [-0.1, -0.05) is 23.9 Å². The number of hydrogen-bond donors (Lipinski definition) is 0. The molecule has 1 amide bonds. The van der Waals surface area contributed by atoms with E-state index in [9.17, 15) is 17.6 Å². The number of tetrazole rings is 1. The lowest BCUT2D eigenvalue weighted by molar-refractivity contribution is -0.129. The molecule has 1 aliphatic heterocycles. The summed E-state index contributed by atoms with van der Waals surface area (Å²) in [6.45, 7) is 4.63. The minimum Gasteiger partial charge on any atom is -0.339 e. The van der Waals surface area contributed by atoms with Crippen molar-refractivity contribution in [2.24, 2.45) is 0 Å². The van der Waals surface area contributed by atoms with Crippen molar-refractivity contribution < 1.29 is 17.6 Å². The lowest BCUT2D eigenvalue weighted by Gasteiger charge is -2.34. The van der Waals surface area contributed by atoms with Crippen LogP contribution in [-0.4, -0.2) is 75.7 Å². The third kappa shape index (κ3) is 4.33. The molecule has 1 saturated heterocycles. The zero-order valence-electron chi connectivity index (χ0n) is 15.5. The van der Waals surface area contributed by atoms with Gasteiger partial charge >= 0.3 is 0 Å². The highest BCUT2D eigenvalue weighted by atomic mass is 32.2. The van der Waals surface area contributed by atoms with Crippen LogP contribution in [0.3, 0.4) is 0 Å². The molecule has 9 nitrogen and oxygen atoms in total. The molecule has 1 aromatic heterocycles. The van der Waals surface area contributed by atoms with E-state index in [1.165, 1.54) is 34.3 Å². The molecule has 152 valence electrons. The maximum absolute atomic E-state index is 13.9. The molecule has 2 heterocycles. The maximum Gasteiger partial charge on any atom is 0.246 e. The van der Waals surface area contributed by atoms with Gasteiger partial charge in [0.2, 0.25) is 21.1 Å². The summed E-state index contributed by atoms with van der Waals surface area (Å²) in [5.74, 6) is -0.737. The van der Waals surface area contributed by atoms with Crippen molar-refractivity contribution in [2.45, 2.75) is 29.9 Å². The van der Waals surface area contributed by atoms with E-state index in [1.54, 1.807) is 9.58 Å². The highest BCUT2D eigenvalue weighted by molar-refractivity contribution is 7.99. The lowest BCUT2D eigenvalue weighted by atomic mass is 10.3. The highest BCUT2D eigenvalue weighted by Gasteiger charge is 2.31. The monoisotopic (exact) mass is 428 g/mol. The van der Waals surface area contributed by atoms with Gasteiger partial charge in [-0.2, -0.15) is 4.31 Å². The Balaban J connectivity index is 1.57. The Labute approximate surface area is 166 Å². The predicted molar refractivity (Wildman–Crippen MR) is 101 cm³/mol. The van der Waals surface area contributed by atoms with Crippen molar-refractivity contribution in [1.29, 1.82) is 0 Å². The smallest absolute Gasteiger partial charge is 0.246 e. The van der Waals surface area contributed by atoms with E-state index < -0.39 is 15.8 Å². The zero-order valence-corrected chi connectivity index (χ0v) is 17.2. The topological polar surface area (TPSA) is 101 Å². The van der Waals surface area contributed by atoms with Gasteiger partial charge < -0.3 is 4.90 Å². The van der Waals surface area contributed by atoms with E-state index in [0.717, 1.165) is 6.07 Å². The highest BCUT2D eigenvalue weighted by Crippen LogP contribution is 2.22. The number of hydrogen-bond acceptors (Lipinski definition) is 7. The first kappa shape index (κ1) is 20.7. The molecular weight excluding hydrogens is 407 g/mol. The third-order valence-corrected chi connectivity index (χ3v) is 7.17. The number of aromatic nitrogens is 4. The molecule has 1 aromatic carbocycles. The fourth-order valence-corrected chi connectivity index (χ4v) is 5.19. The number of piperazine rings is 1. The fourth-order valence-electron chi connectivity index (χ4n) is 2.79. The van der Waals surface area contributed by atoms with Crippen molar-refractivity contribution >= 4 is 27.7 Å². The Morgan fingerprint density at radius 2 is 1.89 bits per heavy atom. The van der Waals surface area contributed by atoms with Gasteiger partial charge in [0.05, 0.1) is 11.8 Å². The van der Waals surface area contributed by atoms with Crippen LogP contribution in [0.15, 0.2) is 34.3 Å². The standard InChI is InChI=1S/C16H21FN6O3S2/c1-12(2)23-16(18-19-20-23)27-11-15(24)21-7-9-22(10-8-21)28(25,26)14-6-4-3-5-13(14)17/h3-6,12H,7-11H2,1-2H3. The summed E-state index contributed by atoms with van der Waals surface area (Å²) in [5, 5.41) is 12.0. The molecule has 2 aromatic rings. The van der Waals surface area contributed by atoms with Gasteiger partial charge in [-0.15, -0.1) is 5.10 Å². The van der Waals surface area contributed by atoms with Crippen LogP contribution in [0.25, 0.3) is 0 Å². The summed E-state index contributed by atoms with van der Waals surface area (Å²) in [6.07, 6.45) is 0. The van der Waals surface area contributed by atoms with Crippen LogP contribution in [0.2, 0.25) is 0 Å². The molecule has 0 unspecified atom stereocenters. The average molecular weight is 429 g/mol. The van der Waals surface area contributed by atoms with Crippen molar-refractivity contribution in [3.05, 3.63) is 30.1 Å². The Hall–Kier alpha value is -2.05. The van der Waals surface area contributed by atoms with Crippen LogP contribution >= 0.6 is 11.8 Å². The van der Waals surface area contributed by atoms with E-state index in [4.69, 9.17) is 0 Å². The Kier molecular flexibility index (Phi) is 6.30. The van der Waals surface area contributed by atoms with Crippen LogP contribution in [0.4, 0.5) is 4.39 Å². The number of halogens is 1. The first-order valence-corrected chi connectivity index (χ1v) is 11.2. The minimum absolute atomic E-state index is 0.0831. The Bertz CT molecular complexity index is 941. The SMILES string of the molecule is CC(C)n1nnnc1SCC(=O)N1CCN(S(=O)(=O)c2ccccc2F)CC1. The molecular formula is C16H21FN6O3S2. The first-order valence-electron chi connectivity index (χ1n) is 8.74. The number of thioether (sulfide) groups is 1. The number of carbonyl (C=O) groups excluding carboxylic acids is 1. The summed E-state index contributed by atoms with van der Waals surface area (Å²) in [4.78, 5) is 13.7. The van der Waals surface area contributed by atoms with E-state index in [2.05, 4.69) is 15.5 Å². The lowest BCUT2D eigenvalue weighted by Crippen LogP contribution is -2.51. The molecule has 0 spiro atoms. The number of carbonyl (C=O) groups is 1. The number of benzene rings is 1. The predicted octanol–water partition coefficient (Wildman–Crippen LogP) is 1.02. The summed E-state index contributed by atoms with van der Waals surface area (Å²) in [5.41, 5.74) is 0. The average Bonchev–Trinajstić information content (AvgIpc) is 3.15. The van der Waals surface area contributed by atoms with Gasteiger partial charge in [0.25, 0.3) is 0 Å². The van der Waals surface area contributed by atoms with E-state index in [-0.39, 0.29) is 48.8 Å². The normalized spacial score (nSPS) is 15.9. The molecule has 0 aliphatic carbocycles. The molecule has 0 saturated carbocycles. The Morgan fingerprint density at radius 1 is 1.21 bits per heavy atom. The van der Waals surface area contributed by atoms with Gasteiger partial charge in [-0.25, -0.2) is 17.5 Å². The summed E-state index contributed by atoms with van der Waals surface area (Å²) in [6, 6.07) is 5.38. The number of rotatable bonds is 6. The third-order valence-electron chi connectivity index (χ3n) is 4.32. The molecule has 0 bridgehead atoms. The second-order valence-corrected chi connectivity index (χ2v) is 9.35. The van der Waals surface area contributed by atoms with Crippen molar-refractivity contribution in [1.82, 2.24) is 29.4 Å². The molecule has 28 heavy (non-hydrogen) atoms. The van der Waals surface area contributed by atoms with Crippen LogP contribution in [0.1, 0.15) is 19.9 Å². The molecule has 3 rings (SSSR count). The number of nitrogens with zero attached hydrogens (tertiary/aromatic N) is 6. The van der Waals surface area contributed by atoms with Crippen LogP contribution in [0, 0.1) is 5.82 Å². The van der Waals surface area contributed by atoms with Crippen LogP contribution in [0.5, 0.6) is 0 Å². The quantitative estimate of drug-likeness (QED) is 0.633.